The van der Waals surface area contributed by atoms with Crippen LogP contribution >= 0.6 is 34.4 Å². The molecule has 0 unspecified atom stereocenters. The second kappa shape index (κ2) is 11.1. The molecule has 0 spiro atoms. The van der Waals surface area contributed by atoms with Crippen LogP contribution in [0.3, 0.4) is 0 Å². The third kappa shape index (κ3) is 6.29. The predicted molar refractivity (Wildman–Crippen MR) is 139 cm³/mol. The lowest BCUT2D eigenvalue weighted by atomic mass is 10.1. The van der Waals surface area contributed by atoms with Gasteiger partial charge in [-0.1, -0.05) is 13.0 Å². The van der Waals surface area contributed by atoms with Crippen molar-refractivity contribution < 1.29 is 23.9 Å². The first-order valence-corrected chi connectivity index (χ1v) is 12.2. The number of nitrogens with one attached hydrogen (secondary N) is 1. The van der Waals surface area contributed by atoms with Gasteiger partial charge in [0.25, 0.3) is 11.1 Å². The molecule has 0 radical (unpaired) electrons. The van der Waals surface area contributed by atoms with Gasteiger partial charge in [-0.15, -0.1) is 0 Å². The molecule has 0 aliphatic carbocycles. The summed E-state index contributed by atoms with van der Waals surface area (Å²) in [6.45, 7) is 6.10. The summed E-state index contributed by atoms with van der Waals surface area (Å²) in [5, 5.41) is 2.28. The lowest BCUT2D eigenvalue weighted by Crippen LogP contribution is -2.36. The fraction of sp³-hybridized carbons (Fsp3) is 0.292. The summed E-state index contributed by atoms with van der Waals surface area (Å²) in [6.07, 6.45) is 2.49. The summed E-state index contributed by atoms with van der Waals surface area (Å²) in [7, 11) is 1.55. The Morgan fingerprint density at radius 2 is 1.85 bits per heavy atom. The zero-order chi connectivity index (χ0) is 24.1. The standard InChI is InChI=1S/C24H25IN2O5S/c1-5-6-32-22-18(25)10-16(11-19(22)31-4)12-20-23(29)27(24(30)33-20)13-21(28)26-17-8-14(2)7-15(3)9-17/h7-12H,5-6,13H2,1-4H3,(H,26,28)/b20-12-. The van der Waals surface area contributed by atoms with Crippen molar-refractivity contribution in [1.29, 1.82) is 0 Å². The molecule has 1 aliphatic heterocycles. The number of anilines is 1. The summed E-state index contributed by atoms with van der Waals surface area (Å²) < 4.78 is 12.0. The molecule has 1 fully saturated rings. The van der Waals surface area contributed by atoms with Crippen molar-refractivity contribution in [1.82, 2.24) is 4.90 Å². The Kier molecular flexibility index (Phi) is 8.41. The molecule has 1 saturated heterocycles. The molecule has 3 amide bonds. The van der Waals surface area contributed by atoms with Gasteiger partial charge in [0.05, 0.1) is 22.2 Å². The molecule has 0 bridgehead atoms. The Balaban J connectivity index is 1.75. The van der Waals surface area contributed by atoms with E-state index in [1.807, 2.05) is 45.0 Å². The Morgan fingerprint density at radius 1 is 1.15 bits per heavy atom. The highest BCUT2D eigenvalue weighted by molar-refractivity contribution is 14.1. The van der Waals surface area contributed by atoms with Crippen LogP contribution in [0, 0.1) is 17.4 Å². The number of methoxy groups -OCH3 is 1. The van der Waals surface area contributed by atoms with E-state index < -0.39 is 17.1 Å². The normalized spacial score (nSPS) is 14.7. The van der Waals surface area contributed by atoms with Crippen molar-refractivity contribution in [2.24, 2.45) is 0 Å². The van der Waals surface area contributed by atoms with E-state index in [2.05, 4.69) is 27.9 Å². The smallest absolute Gasteiger partial charge is 0.294 e. The molecule has 9 heteroatoms. The molecule has 3 rings (SSSR count). The average molecular weight is 580 g/mol. The van der Waals surface area contributed by atoms with Crippen LogP contribution < -0.4 is 14.8 Å². The van der Waals surface area contributed by atoms with Crippen molar-refractivity contribution in [3.63, 3.8) is 0 Å². The van der Waals surface area contributed by atoms with Crippen molar-refractivity contribution in [2.75, 3.05) is 25.6 Å². The molecule has 0 aromatic heterocycles. The summed E-state index contributed by atoms with van der Waals surface area (Å²) in [5.74, 6) is 0.264. The first-order chi connectivity index (χ1) is 15.7. The number of imide groups is 1. The molecule has 33 heavy (non-hydrogen) atoms. The third-order valence-electron chi connectivity index (χ3n) is 4.68. The Labute approximate surface area is 211 Å². The topological polar surface area (TPSA) is 84.9 Å². The van der Waals surface area contributed by atoms with E-state index in [1.54, 1.807) is 19.3 Å². The molecule has 1 heterocycles. The maximum absolute atomic E-state index is 12.8. The van der Waals surface area contributed by atoms with Crippen LogP contribution in [0.2, 0.25) is 0 Å². The number of hydrogen-bond donors (Lipinski definition) is 1. The number of carbonyl (C=O) groups excluding carboxylic acids is 3. The fourth-order valence-electron chi connectivity index (χ4n) is 3.35. The average Bonchev–Trinajstić information content (AvgIpc) is 2.99. The number of aryl methyl sites for hydroxylation is 2. The van der Waals surface area contributed by atoms with Crippen LogP contribution in [-0.4, -0.2) is 42.2 Å². The molecular formula is C24H25IN2O5S. The quantitative estimate of drug-likeness (QED) is 0.334. The Hall–Kier alpha value is -2.53. The zero-order valence-electron chi connectivity index (χ0n) is 18.9. The number of benzene rings is 2. The minimum atomic E-state index is -0.499. The van der Waals surface area contributed by atoms with Crippen molar-refractivity contribution >= 4 is 63.2 Å². The van der Waals surface area contributed by atoms with E-state index in [0.717, 1.165) is 37.8 Å². The van der Waals surface area contributed by atoms with E-state index in [1.165, 1.54) is 0 Å². The van der Waals surface area contributed by atoms with Gasteiger partial charge in [-0.3, -0.25) is 19.3 Å². The van der Waals surface area contributed by atoms with Gasteiger partial charge in [0.1, 0.15) is 6.54 Å². The van der Waals surface area contributed by atoms with Crippen molar-refractivity contribution in [3.8, 4) is 11.5 Å². The van der Waals surface area contributed by atoms with Crippen LogP contribution in [-0.2, 0) is 9.59 Å². The van der Waals surface area contributed by atoms with Crippen molar-refractivity contribution in [3.05, 3.63) is 55.5 Å². The summed E-state index contributed by atoms with van der Waals surface area (Å²) >= 11 is 2.96. The lowest BCUT2D eigenvalue weighted by molar-refractivity contribution is -0.127. The van der Waals surface area contributed by atoms with E-state index in [4.69, 9.17) is 9.47 Å². The number of carbonyl (C=O) groups is 3. The second-order valence-electron chi connectivity index (χ2n) is 7.57. The highest BCUT2D eigenvalue weighted by atomic mass is 127. The van der Waals surface area contributed by atoms with Crippen LogP contribution in [0.25, 0.3) is 6.08 Å². The highest BCUT2D eigenvalue weighted by Crippen LogP contribution is 2.37. The van der Waals surface area contributed by atoms with E-state index in [0.29, 0.717) is 29.4 Å². The highest BCUT2D eigenvalue weighted by Gasteiger charge is 2.36. The molecule has 0 saturated carbocycles. The number of halogens is 1. The predicted octanol–water partition coefficient (Wildman–Crippen LogP) is 5.38. The van der Waals surface area contributed by atoms with Crippen LogP contribution in [0.5, 0.6) is 11.5 Å². The number of thioether (sulfide) groups is 1. The van der Waals surface area contributed by atoms with Crippen LogP contribution in [0.15, 0.2) is 35.2 Å². The van der Waals surface area contributed by atoms with Gasteiger partial charge in [-0.25, -0.2) is 0 Å². The molecular weight excluding hydrogens is 555 g/mol. The number of amides is 3. The van der Waals surface area contributed by atoms with Gasteiger partial charge in [-0.05, 0) is 102 Å². The first-order valence-electron chi connectivity index (χ1n) is 10.4. The van der Waals surface area contributed by atoms with Crippen LogP contribution in [0.1, 0.15) is 30.0 Å². The van der Waals surface area contributed by atoms with Gasteiger partial charge in [-0.2, -0.15) is 0 Å². The van der Waals surface area contributed by atoms with E-state index in [9.17, 15) is 14.4 Å². The van der Waals surface area contributed by atoms with E-state index >= 15 is 0 Å². The van der Waals surface area contributed by atoms with Gasteiger partial charge in [0, 0.05) is 5.69 Å². The summed E-state index contributed by atoms with van der Waals surface area (Å²) in [5.41, 5.74) is 3.35. The maximum Gasteiger partial charge on any atom is 0.294 e. The van der Waals surface area contributed by atoms with Gasteiger partial charge in [0.15, 0.2) is 11.5 Å². The minimum absolute atomic E-state index is 0.249. The van der Waals surface area contributed by atoms with Crippen LogP contribution in [0.4, 0.5) is 10.5 Å². The maximum atomic E-state index is 12.8. The number of hydrogen-bond acceptors (Lipinski definition) is 6. The van der Waals surface area contributed by atoms with Gasteiger partial charge >= 0.3 is 0 Å². The number of nitrogens with zero attached hydrogens (tertiary/aromatic N) is 1. The fourth-order valence-corrected chi connectivity index (χ4v) is 4.97. The molecule has 2 aromatic rings. The largest absolute Gasteiger partial charge is 0.493 e. The molecule has 0 atom stereocenters. The molecule has 1 aliphatic rings. The monoisotopic (exact) mass is 580 g/mol. The van der Waals surface area contributed by atoms with Gasteiger partial charge < -0.3 is 14.8 Å². The zero-order valence-corrected chi connectivity index (χ0v) is 21.8. The summed E-state index contributed by atoms with van der Waals surface area (Å²) in [4.78, 5) is 39.0. The molecule has 2 aromatic carbocycles. The number of ether oxygens (including phenoxy) is 2. The number of rotatable bonds is 8. The molecule has 7 nitrogen and oxygen atoms in total. The summed E-state index contributed by atoms with van der Waals surface area (Å²) in [6, 6.07) is 9.28. The van der Waals surface area contributed by atoms with Gasteiger partial charge in [0.2, 0.25) is 5.91 Å². The second-order valence-corrected chi connectivity index (χ2v) is 9.73. The van der Waals surface area contributed by atoms with E-state index in [-0.39, 0.29) is 11.4 Å². The Morgan fingerprint density at radius 3 is 2.48 bits per heavy atom. The minimum Gasteiger partial charge on any atom is -0.493 e. The lowest BCUT2D eigenvalue weighted by Gasteiger charge is -2.14. The van der Waals surface area contributed by atoms with Crippen molar-refractivity contribution in [2.45, 2.75) is 27.2 Å². The SMILES string of the molecule is CCCOc1c(I)cc(/C=C2\SC(=O)N(CC(=O)Nc3cc(C)cc(C)c3)C2=O)cc1OC. The Bertz CT molecular complexity index is 1110. The molecule has 1 N–H and O–H groups in total. The third-order valence-corrected chi connectivity index (χ3v) is 6.39. The molecule has 174 valence electrons. The first kappa shape index (κ1) is 25.1.